The Kier molecular flexibility index (Phi) is 3.10. The molecule has 4 nitrogen and oxygen atoms in total. The van der Waals surface area contributed by atoms with E-state index in [1.807, 2.05) is 0 Å². The number of alkyl halides is 3. The van der Waals surface area contributed by atoms with Crippen LogP contribution in [0, 0.1) is 0 Å². The van der Waals surface area contributed by atoms with Gasteiger partial charge in [0.15, 0.2) is 0 Å². The van der Waals surface area contributed by atoms with Gasteiger partial charge in [-0.2, -0.15) is 13.2 Å². The molecule has 0 aliphatic heterocycles. The molecule has 0 atom stereocenters. The van der Waals surface area contributed by atoms with Crippen molar-refractivity contribution in [2.45, 2.75) is 11.1 Å². The number of nitrogens with one attached hydrogen (secondary N) is 1. The van der Waals surface area contributed by atoms with Crippen LogP contribution in [-0.4, -0.2) is 13.4 Å². The van der Waals surface area contributed by atoms with E-state index in [9.17, 15) is 26.4 Å². The van der Waals surface area contributed by atoms with E-state index in [0.717, 1.165) is 18.2 Å². The SMILES string of the molecule is O=c1cc(C(F)(F)F)c2cc(S(=O)(=O)Cl)ccc2[nH]1. The Hall–Kier alpha value is -1.54. The van der Waals surface area contributed by atoms with Crippen LogP contribution in [-0.2, 0) is 15.2 Å². The predicted molar refractivity (Wildman–Crippen MR) is 62.6 cm³/mol. The first-order valence-electron chi connectivity index (χ1n) is 4.78. The first kappa shape index (κ1) is 13.9. The van der Waals surface area contributed by atoms with Crippen LogP contribution in [0.5, 0.6) is 0 Å². The van der Waals surface area contributed by atoms with E-state index in [-0.39, 0.29) is 5.52 Å². The fraction of sp³-hybridized carbons (Fsp3) is 0.100. The summed E-state index contributed by atoms with van der Waals surface area (Å²) in [5, 5.41) is -0.436. The Morgan fingerprint density at radius 2 is 1.79 bits per heavy atom. The number of halogens is 4. The largest absolute Gasteiger partial charge is 0.417 e. The first-order valence-corrected chi connectivity index (χ1v) is 7.09. The maximum Gasteiger partial charge on any atom is 0.417 e. The number of H-pyrrole nitrogens is 1. The van der Waals surface area contributed by atoms with Gasteiger partial charge in [0.2, 0.25) is 5.56 Å². The molecule has 0 amide bonds. The zero-order valence-corrected chi connectivity index (χ0v) is 10.5. The Bertz CT molecular complexity index is 811. The molecule has 1 heterocycles. The van der Waals surface area contributed by atoms with Crippen LogP contribution < -0.4 is 5.56 Å². The summed E-state index contributed by atoms with van der Waals surface area (Å²) >= 11 is 0. The van der Waals surface area contributed by atoms with Crippen molar-refractivity contribution in [2.24, 2.45) is 0 Å². The summed E-state index contributed by atoms with van der Waals surface area (Å²) < 4.78 is 60.6. The van der Waals surface area contributed by atoms with Crippen LogP contribution >= 0.6 is 10.7 Å². The zero-order valence-electron chi connectivity index (χ0n) is 8.95. The summed E-state index contributed by atoms with van der Waals surface area (Å²) in [6.07, 6.45) is -4.78. The molecule has 0 aliphatic rings. The number of pyridine rings is 1. The van der Waals surface area contributed by atoms with Gasteiger partial charge in [-0.1, -0.05) is 0 Å². The highest BCUT2D eigenvalue weighted by Gasteiger charge is 2.33. The molecule has 19 heavy (non-hydrogen) atoms. The minimum absolute atomic E-state index is 0.121. The third kappa shape index (κ3) is 2.74. The molecular weight excluding hydrogens is 307 g/mol. The highest BCUT2D eigenvalue weighted by Crippen LogP contribution is 2.34. The van der Waals surface area contributed by atoms with Crippen LogP contribution in [0.1, 0.15) is 5.56 Å². The van der Waals surface area contributed by atoms with Crippen LogP contribution in [0.25, 0.3) is 10.9 Å². The average Bonchev–Trinajstić information content (AvgIpc) is 2.24. The molecule has 1 N–H and O–H groups in total. The molecule has 9 heteroatoms. The smallest absolute Gasteiger partial charge is 0.322 e. The lowest BCUT2D eigenvalue weighted by molar-refractivity contribution is -0.136. The van der Waals surface area contributed by atoms with Gasteiger partial charge < -0.3 is 4.98 Å². The first-order chi connectivity index (χ1) is 8.59. The molecule has 0 saturated heterocycles. The van der Waals surface area contributed by atoms with E-state index in [0.29, 0.717) is 6.07 Å². The lowest BCUT2D eigenvalue weighted by Crippen LogP contribution is -2.14. The van der Waals surface area contributed by atoms with Crippen molar-refractivity contribution in [1.29, 1.82) is 0 Å². The van der Waals surface area contributed by atoms with Crippen molar-refractivity contribution in [3.05, 3.63) is 40.2 Å². The third-order valence-corrected chi connectivity index (χ3v) is 3.75. The topological polar surface area (TPSA) is 67.0 Å². The van der Waals surface area contributed by atoms with E-state index in [2.05, 4.69) is 4.98 Å². The maximum absolute atomic E-state index is 12.8. The van der Waals surface area contributed by atoms with Gasteiger partial charge in [0, 0.05) is 27.7 Å². The van der Waals surface area contributed by atoms with Crippen LogP contribution in [0.3, 0.4) is 0 Å². The fourth-order valence-electron chi connectivity index (χ4n) is 1.62. The molecule has 0 unspecified atom stereocenters. The maximum atomic E-state index is 12.8. The number of hydrogen-bond donors (Lipinski definition) is 1. The lowest BCUT2D eigenvalue weighted by Gasteiger charge is -2.10. The number of fused-ring (bicyclic) bond motifs is 1. The van der Waals surface area contributed by atoms with E-state index < -0.39 is 36.6 Å². The zero-order chi connectivity index (χ0) is 14.4. The van der Waals surface area contributed by atoms with Crippen molar-refractivity contribution in [3.63, 3.8) is 0 Å². The summed E-state index contributed by atoms with van der Waals surface area (Å²) in [7, 11) is 0.922. The monoisotopic (exact) mass is 311 g/mol. The van der Waals surface area contributed by atoms with Gasteiger partial charge in [-0.05, 0) is 18.2 Å². The van der Waals surface area contributed by atoms with Crippen LogP contribution in [0.2, 0.25) is 0 Å². The highest BCUT2D eigenvalue weighted by molar-refractivity contribution is 8.13. The van der Waals surface area contributed by atoms with E-state index >= 15 is 0 Å². The van der Waals surface area contributed by atoms with E-state index in [1.54, 1.807) is 0 Å². The minimum Gasteiger partial charge on any atom is -0.322 e. The Morgan fingerprint density at radius 1 is 1.16 bits per heavy atom. The van der Waals surface area contributed by atoms with Gasteiger partial charge in [0.05, 0.1) is 10.5 Å². The van der Waals surface area contributed by atoms with Gasteiger partial charge in [-0.25, -0.2) is 8.42 Å². The van der Waals surface area contributed by atoms with Gasteiger partial charge in [-0.15, -0.1) is 0 Å². The second kappa shape index (κ2) is 4.24. The summed E-state index contributed by atoms with van der Waals surface area (Å²) in [6, 6.07) is 3.21. The van der Waals surface area contributed by atoms with Crippen molar-refractivity contribution < 1.29 is 21.6 Å². The quantitative estimate of drug-likeness (QED) is 0.823. The van der Waals surface area contributed by atoms with Gasteiger partial charge in [-0.3, -0.25) is 4.79 Å². The number of rotatable bonds is 1. The number of benzene rings is 1. The molecule has 0 aliphatic carbocycles. The molecule has 2 rings (SSSR count). The van der Waals surface area contributed by atoms with Crippen molar-refractivity contribution in [1.82, 2.24) is 4.98 Å². The molecule has 0 fully saturated rings. The summed E-state index contributed by atoms with van der Waals surface area (Å²) in [5.41, 5.74) is -2.27. The molecule has 1 aromatic carbocycles. The van der Waals surface area contributed by atoms with Crippen LogP contribution in [0.4, 0.5) is 13.2 Å². The molecule has 0 saturated carbocycles. The van der Waals surface area contributed by atoms with Gasteiger partial charge in [0.1, 0.15) is 0 Å². The van der Waals surface area contributed by atoms with Crippen molar-refractivity contribution in [2.75, 3.05) is 0 Å². The van der Waals surface area contributed by atoms with E-state index in [4.69, 9.17) is 10.7 Å². The van der Waals surface area contributed by atoms with Gasteiger partial charge in [0.25, 0.3) is 9.05 Å². The minimum atomic E-state index is -4.78. The molecule has 0 bridgehead atoms. The highest BCUT2D eigenvalue weighted by atomic mass is 35.7. The molecule has 0 spiro atoms. The second-order valence-electron chi connectivity index (χ2n) is 3.69. The molecule has 0 radical (unpaired) electrons. The number of aromatic amines is 1. The van der Waals surface area contributed by atoms with Crippen LogP contribution in [0.15, 0.2) is 34.0 Å². The summed E-state index contributed by atoms with van der Waals surface area (Å²) in [6.45, 7) is 0. The fourth-order valence-corrected chi connectivity index (χ4v) is 2.40. The van der Waals surface area contributed by atoms with Gasteiger partial charge >= 0.3 is 6.18 Å². The van der Waals surface area contributed by atoms with E-state index in [1.165, 1.54) is 0 Å². The predicted octanol–water partition coefficient (Wildman–Crippen LogP) is 2.47. The lowest BCUT2D eigenvalue weighted by atomic mass is 10.1. The third-order valence-electron chi connectivity index (χ3n) is 2.40. The summed E-state index contributed by atoms with van der Waals surface area (Å²) in [4.78, 5) is 12.8. The average molecular weight is 312 g/mol. The molecule has 2 aromatic rings. The second-order valence-corrected chi connectivity index (χ2v) is 6.26. The normalized spacial score (nSPS) is 12.8. The molecule has 1 aromatic heterocycles. The number of hydrogen-bond acceptors (Lipinski definition) is 3. The van der Waals surface area contributed by atoms with Crippen molar-refractivity contribution in [3.8, 4) is 0 Å². The van der Waals surface area contributed by atoms with Crippen molar-refractivity contribution >= 4 is 30.6 Å². The number of aromatic nitrogens is 1. The Labute approximate surface area is 109 Å². The molecular formula is C10H5ClF3NO3S. The molecule has 102 valence electrons. The Balaban J connectivity index is 2.92. The Morgan fingerprint density at radius 3 is 2.32 bits per heavy atom. The summed E-state index contributed by atoms with van der Waals surface area (Å²) in [5.74, 6) is 0. The standard InChI is InChI=1S/C10H5ClF3NO3S/c11-19(17,18)5-1-2-8-6(3-5)7(10(12,13)14)4-9(16)15-8/h1-4H,(H,15,16).